The van der Waals surface area contributed by atoms with Crippen LogP contribution in [0.2, 0.25) is 10.0 Å². The normalized spacial score (nSPS) is 10.1. The number of aryl methyl sites for hydroxylation is 1. The molecule has 0 aliphatic carbocycles. The molecule has 2 N–H and O–H groups in total. The number of rotatable bonds is 4. The summed E-state index contributed by atoms with van der Waals surface area (Å²) in [6, 6.07) is 15.2. The van der Waals surface area contributed by atoms with Gasteiger partial charge in [0.2, 0.25) is 0 Å². The molecule has 0 atom stereocenters. The smallest absolute Gasteiger partial charge is 0.274 e. The monoisotopic (exact) mass is 397 g/mol. The van der Waals surface area contributed by atoms with Gasteiger partial charge in [-0.05, 0) is 43.3 Å². The van der Waals surface area contributed by atoms with E-state index < -0.39 is 5.91 Å². The summed E-state index contributed by atoms with van der Waals surface area (Å²) in [5.74, 6) is 0.434. The van der Waals surface area contributed by atoms with Crippen molar-refractivity contribution in [3.05, 3.63) is 75.7 Å². The molecule has 27 heavy (non-hydrogen) atoms. The van der Waals surface area contributed by atoms with E-state index in [9.17, 15) is 4.79 Å². The number of amides is 1. The van der Waals surface area contributed by atoms with Crippen molar-refractivity contribution in [2.45, 2.75) is 6.92 Å². The van der Waals surface area contributed by atoms with Gasteiger partial charge in [-0.1, -0.05) is 29.3 Å². The number of carbonyl (C=O) groups excluding carboxylic acids is 1. The fourth-order valence-electron chi connectivity index (χ4n) is 2.38. The highest BCUT2D eigenvalue weighted by Gasteiger charge is 2.12. The van der Waals surface area contributed by atoms with Crippen molar-refractivity contribution in [3.8, 4) is 6.07 Å². The minimum Gasteiger partial charge on any atom is -0.340 e. The van der Waals surface area contributed by atoms with Crippen molar-refractivity contribution in [2.24, 2.45) is 0 Å². The van der Waals surface area contributed by atoms with Gasteiger partial charge in [-0.25, -0.2) is 9.97 Å². The highest BCUT2D eigenvalue weighted by molar-refractivity contribution is 6.35. The SMILES string of the molecule is Cc1nc(Nc2cc(Cl)cc(Cl)c2)cc(C(=O)Nc2cccc(C#N)c2)n1. The lowest BCUT2D eigenvalue weighted by molar-refractivity contribution is 0.102. The number of carbonyl (C=O) groups is 1. The van der Waals surface area contributed by atoms with Gasteiger partial charge in [-0.3, -0.25) is 4.79 Å². The van der Waals surface area contributed by atoms with E-state index in [0.717, 1.165) is 0 Å². The Bertz CT molecular complexity index is 1040. The summed E-state index contributed by atoms with van der Waals surface area (Å²) in [6.07, 6.45) is 0. The topological polar surface area (TPSA) is 90.7 Å². The molecule has 0 fully saturated rings. The van der Waals surface area contributed by atoms with E-state index in [2.05, 4.69) is 20.6 Å². The third kappa shape index (κ3) is 4.94. The summed E-state index contributed by atoms with van der Waals surface area (Å²) in [6.45, 7) is 1.68. The number of nitriles is 1. The Balaban J connectivity index is 1.84. The predicted octanol–water partition coefficient (Wildman–Crippen LogP) is 4.96. The summed E-state index contributed by atoms with van der Waals surface area (Å²) in [4.78, 5) is 21.0. The van der Waals surface area contributed by atoms with Gasteiger partial charge in [-0.15, -0.1) is 0 Å². The molecular formula is C19H13Cl2N5O. The Labute approximate surface area is 165 Å². The second kappa shape index (κ2) is 8.04. The number of halogens is 2. The summed E-state index contributed by atoms with van der Waals surface area (Å²) >= 11 is 12.0. The summed E-state index contributed by atoms with van der Waals surface area (Å²) in [5.41, 5.74) is 1.78. The van der Waals surface area contributed by atoms with Crippen molar-refractivity contribution >= 4 is 46.3 Å². The molecule has 0 saturated carbocycles. The fourth-order valence-corrected chi connectivity index (χ4v) is 2.91. The predicted molar refractivity (Wildman–Crippen MR) is 106 cm³/mol. The maximum atomic E-state index is 12.5. The molecule has 2 aromatic carbocycles. The average molecular weight is 398 g/mol. The third-order valence-corrected chi connectivity index (χ3v) is 3.89. The molecule has 0 bridgehead atoms. The number of anilines is 3. The van der Waals surface area contributed by atoms with Crippen LogP contribution in [0, 0.1) is 18.3 Å². The Morgan fingerprint density at radius 3 is 2.48 bits per heavy atom. The van der Waals surface area contributed by atoms with Gasteiger partial charge in [0.25, 0.3) is 5.91 Å². The summed E-state index contributed by atoms with van der Waals surface area (Å²) in [5, 5.41) is 15.7. The Kier molecular flexibility index (Phi) is 5.55. The third-order valence-electron chi connectivity index (χ3n) is 3.46. The molecule has 1 heterocycles. The van der Waals surface area contributed by atoms with Gasteiger partial charge >= 0.3 is 0 Å². The van der Waals surface area contributed by atoms with E-state index in [4.69, 9.17) is 28.5 Å². The van der Waals surface area contributed by atoms with E-state index in [1.54, 1.807) is 49.4 Å². The number of benzene rings is 2. The highest BCUT2D eigenvalue weighted by Crippen LogP contribution is 2.25. The zero-order valence-electron chi connectivity index (χ0n) is 14.1. The lowest BCUT2D eigenvalue weighted by atomic mass is 10.2. The molecule has 0 unspecified atom stereocenters. The molecule has 0 saturated heterocycles. The van der Waals surface area contributed by atoms with Crippen LogP contribution >= 0.6 is 23.2 Å². The molecule has 3 rings (SSSR count). The van der Waals surface area contributed by atoms with Crippen LogP contribution in [-0.4, -0.2) is 15.9 Å². The first-order valence-electron chi connectivity index (χ1n) is 7.83. The van der Waals surface area contributed by atoms with E-state index in [1.807, 2.05) is 6.07 Å². The van der Waals surface area contributed by atoms with Crippen LogP contribution < -0.4 is 10.6 Å². The molecule has 0 aliphatic heterocycles. The van der Waals surface area contributed by atoms with Crippen LogP contribution in [0.25, 0.3) is 0 Å². The zero-order valence-corrected chi connectivity index (χ0v) is 15.6. The van der Waals surface area contributed by atoms with Crippen LogP contribution in [0.1, 0.15) is 21.9 Å². The number of nitrogens with one attached hydrogen (secondary N) is 2. The minimum atomic E-state index is -0.414. The molecule has 8 heteroatoms. The molecule has 134 valence electrons. The molecule has 0 radical (unpaired) electrons. The van der Waals surface area contributed by atoms with Gasteiger partial charge in [0.1, 0.15) is 17.3 Å². The fraction of sp³-hybridized carbons (Fsp3) is 0.0526. The molecule has 0 spiro atoms. The maximum absolute atomic E-state index is 12.5. The average Bonchev–Trinajstić information content (AvgIpc) is 2.60. The van der Waals surface area contributed by atoms with E-state index in [0.29, 0.717) is 38.6 Å². The van der Waals surface area contributed by atoms with Gasteiger partial charge in [-0.2, -0.15) is 5.26 Å². The zero-order chi connectivity index (χ0) is 19.4. The molecule has 6 nitrogen and oxygen atoms in total. The van der Waals surface area contributed by atoms with Crippen LogP contribution in [0.15, 0.2) is 48.5 Å². The minimum absolute atomic E-state index is 0.181. The first kappa shape index (κ1) is 18.6. The number of aromatic nitrogens is 2. The van der Waals surface area contributed by atoms with Gasteiger partial charge in [0.15, 0.2) is 0 Å². The van der Waals surface area contributed by atoms with E-state index in [-0.39, 0.29) is 5.69 Å². The molecule has 0 aliphatic rings. The largest absolute Gasteiger partial charge is 0.340 e. The summed E-state index contributed by atoms with van der Waals surface area (Å²) < 4.78 is 0. The highest BCUT2D eigenvalue weighted by atomic mass is 35.5. The lowest BCUT2D eigenvalue weighted by Crippen LogP contribution is -2.15. The van der Waals surface area contributed by atoms with E-state index in [1.165, 1.54) is 6.07 Å². The van der Waals surface area contributed by atoms with Crippen molar-refractivity contribution in [2.75, 3.05) is 10.6 Å². The molecular weight excluding hydrogens is 385 g/mol. The second-order valence-electron chi connectivity index (χ2n) is 5.62. The van der Waals surface area contributed by atoms with Crippen molar-refractivity contribution in [3.63, 3.8) is 0 Å². The summed E-state index contributed by atoms with van der Waals surface area (Å²) in [7, 11) is 0. The Morgan fingerprint density at radius 1 is 1.04 bits per heavy atom. The van der Waals surface area contributed by atoms with Crippen molar-refractivity contribution in [1.29, 1.82) is 5.26 Å². The molecule has 1 amide bonds. The number of hydrogen-bond acceptors (Lipinski definition) is 5. The van der Waals surface area contributed by atoms with Gasteiger partial charge in [0.05, 0.1) is 11.6 Å². The second-order valence-corrected chi connectivity index (χ2v) is 6.49. The first-order chi connectivity index (χ1) is 12.9. The molecule has 3 aromatic rings. The maximum Gasteiger partial charge on any atom is 0.274 e. The van der Waals surface area contributed by atoms with Crippen LogP contribution in [0.4, 0.5) is 17.2 Å². The lowest BCUT2D eigenvalue weighted by Gasteiger charge is -2.10. The van der Waals surface area contributed by atoms with Gasteiger partial charge in [0, 0.05) is 27.5 Å². The van der Waals surface area contributed by atoms with Crippen LogP contribution in [-0.2, 0) is 0 Å². The number of nitrogens with zero attached hydrogens (tertiary/aromatic N) is 3. The van der Waals surface area contributed by atoms with E-state index >= 15 is 0 Å². The van der Waals surface area contributed by atoms with Gasteiger partial charge < -0.3 is 10.6 Å². The van der Waals surface area contributed by atoms with Crippen LogP contribution in [0.3, 0.4) is 0 Å². The Morgan fingerprint density at radius 2 is 1.78 bits per heavy atom. The number of hydrogen-bond donors (Lipinski definition) is 2. The standard InChI is InChI=1S/C19H13Cl2N5O/c1-11-23-17(19(27)26-15-4-2-3-12(5-15)10-22)9-18(24-11)25-16-7-13(20)6-14(21)8-16/h2-9H,1H3,(H,26,27)(H,23,24,25). The molecule has 1 aromatic heterocycles. The first-order valence-corrected chi connectivity index (χ1v) is 8.59. The van der Waals surface area contributed by atoms with Crippen molar-refractivity contribution in [1.82, 2.24) is 9.97 Å². The van der Waals surface area contributed by atoms with Crippen molar-refractivity contribution < 1.29 is 4.79 Å². The quantitative estimate of drug-likeness (QED) is 0.648. The Hall–Kier alpha value is -3.14. The van der Waals surface area contributed by atoms with Crippen LogP contribution in [0.5, 0.6) is 0 Å².